The van der Waals surface area contributed by atoms with Crippen molar-refractivity contribution >= 4 is 17.6 Å². The Hall–Kier alpha value is -2.04. The Morgan fingerprint density at radius 2 is 2.04 bits per heavy atom. The number of likely N-dealkylation sites (tertiary alicyclic amines) is 1. The minimum Gasteiger partial charge on any atom is -0.333 e. The molecular weight excluding hydrogens is 290 g/mol. The topological polar surface area (TPSA) is 52.7 Å². The number of nitrogens with zero attached hydrogens (tertiary/aromatic N) is 2. The van der Waals surface area contributed by atoms with Crippen LogP contribution in [0, 0.1) is 0 Å². The number of piperidine rings is 1. The average molecular weight is 315 g/mol. The van der Waals surface area contributed by atoms with E-state index in [9.17, 15) is 9.59 Å². The molecule has 0 aliphatic carbocycles. The van der Waals surface area contributed by atoms with Crippen LogP contribution >= 0.6 is 0 Å². The summed E-state index contributed by atoms with van der Waals surface area (Å²) in [5.74, 6) is 0.0761. The number of hydrogen-bond donors (Lipinski definition) is 1. The Kier molecular flexibility index (Phi) is 4.84. The van der Waals surface area contributed by atoms with Crippen LogP contribution < -0.4 is 10.2 Å². The zero-order valence-corrected chi connectivity index (χ0v) is 13.7. The van der Waals surface area contributed by atoms with Crippen LogP contribution in [0.5, 0.6) is 0 Å². The molecule has 2 saturated heterocycles. The number of benzene rings is 1. The average Bonchev–Trinajstić information content (AvgIpc) is 2.95. The Bertz CT molecular complexity index is 561. The van der Waals surface area contributed by atoms with E-state index in [0.29, 0.717) is 19.0 Å². The van der Waals surface area contributed by atoms with Crippen molar-refractivity contribution in [2.75, 3.05) is 18.0 Å². The van der Waals surface area contributed by atoms with Crippen molar-refractivity contribution in [2.24, 2.45) is 0 Å². The van der Waals surface area contributed by atoms with Gasteiger partial charge in [0.25, 0.3) is 0 Å². The quantitative estimate of drug-likeness (QED) is 0.932. The minimum absolute atomic E-state index is 0.00994. The number of para-hydroxylation sites is 1. The van der Waals surface area contributed by atoms with E-state index in [4.69, 9.17) is 0 Å². The van der Waals surface area contributed by atoms with Gasteiger partial charge in [-0.2, -0.15) is 0 Å². The van der Waals surface area contributed by atoms with E-state index in [0.717, 1.165) is 31.5 Å². The summed E-state index contributed by atoms with van der Waals surface area (Å²) in [6.07, 6.45) is 4.73. The number of amides is 3. The monoisotopic (exact) mass is 315 g/mol. The zero-order chi connectivity index (χ0) is 16.2. The van der Waals surface area contributed by atoms with Crippen molar-refractivity contribution in [3.63, 3.8) is 0 Å². The highest BCUT2D eigenvalue weighted by Crippen LogP contribution is 2.23. The Morgan fingerprint density at radius 1 is 1.26 bits per heavy atom. The van der Waals surface area contributed by atoms with Gasteiger partial charge in [0.1, 0.15) is 0 Å². The van der Waals surface area contributed by atoms with E-state index in [1.807, 2.05) is 35.2 Å². The highest BCUT2D eigenvalue weighted by atomic mass is 16.2. The molecule has 124 valence electrons. The highest BCUT2D eigenvalue weighted by molar-refractivity contribution is 5.96. The van der Waals surface area contributed by atoms with Gasteiger partial charge in [-0.15, -0.1) is 0 Å². The van der Waals surface area contributed by atoms with E-state index < -0.39 is 0 Å². The lowest BCUT2D eigenvalue weighted by Crippen LogP contribution is -2.51. The molecule has 2 heterocycles. The van der Waals surface area contributed by atoms with Gasteiger partial charge >= 0.3 is 6.03 Å². The molecule has 3 rings (SSSR count). The summed E-state index contributed by atoms with van der Waals surface area (Å²) in [4.78, 5) is 28.5. The summed E-state index contributed by atoms with van der Waals surface area (Å²) in [7, 11) is 0. The maximum absolute atomic E-state index is 12.6. The smallest absolute Gasteiger partial charge is 0.317 e. The van der Waals surface area contributed by atoms with Crippen molar-refractivity contribution in [3.05, 3.63) is 30.3 Å². The molecular formula is C18H25N3O2. The molecule has 2 aliphatic heterocycles. The number of carbonyl (C=O) groups is 2. The third kappa shape index (κ3) is 3.49. The number of carbonyl (C=O) groups excluding carboxylic acids is 2. The van der Waals surface area contributed by atoms with Crippen molar-refractivity contribution in [1.82, 2.24) is 10.2 Å². The molecule has 5 nitrogen and oxygen atoms in total. The standard InChI is InChI=1S/C18H25N3O2/c1-2-15-8-6-7-11-20(15)18(23)19-14-12-17(22)21(13-14)16-9-4-3-5-10-16/h3-5,9-10,14-15H,2,6-8,11-13H2,1H3,(H,19,23). The van der Waals surface area contributed by atoms with Gasteiger partial charge in [-0.3, -0.25) is 4.79 Å². The molecule has 0 bridgehead atoms. The van der Waals surface area contributed by atoms with E-state index in [-0.39, 0.29) is 18.0 Å². The first kappa shape index (κ1) is 15.8. The van der Waals surface area contributed by atoms with E-state index in [2.05, 4.69) is 12.2 Å². The van der Waals surface area contributed by atoms with Crippen LogP contribution in [-0.2, 0) is 4.79 Å². The first-order valence-electron chi connectivity index (χ1n) is 8.61. The van der Waals surface area contributed by atoms with Crippen LogP contribution in [0.1, 0.15) is 39.0 Å². The molecule has 1 aromatic rings. The minimum atomic E-state index is -0.102. The number of urea groups is 1. The molecule has 2 fully saturated rings. The van der Waals surface area contributed by atoms with Gasteiger partial charge in [-0.05, 0) is 37.8 Å². The molecule has 23 heavy (non-hydrogen) atoms. The molecule has 3 amide bonds. The summed E-state index contributed by atoms with van der Waals surface area (Å²) >= 11 is 0. The Balaban J connectivity index is 1.60. The van der Waals surface area contributed by atoms with Crippen molar-refractivity contribution in [1.29, 1.82) is 0 Å². The molecule has 2 aliphatic rings. The lowest BCUT2D eigenvalue weighted by atomic mass is 10.0. The summed E-state index contributed by atoms with van der Waals surface area (Å²) in [5.41, 5.74) is 0.902. The van der Waals surface area contributed by atoms with Gasteiger partial charge in [0.15, 0.2) is 0 Å². The fourth-order valence-electron chi connectivity index (χ4n) is 3.61. The van der Waals surface area contributed by atoms with Gasteiger partial charge in [0.05, 0.1) is 6.04 Å². The number of anilines is 1. The Morgan fingerprint density at radius 3 is 2.78 bits per heavy atom. The third-order valence-electron chi connectivity index (χ3n) is 4.88. The zero-order valence-electron chi connectivity index (χ0n) is 13.7. The molecule has 5 heteroatoms. The second-order valence-electron chi connectivity index (χ2n) is 6.44. The van der Waals surface area contributed by atoms with Crippen LogP contribution in [0.4, 0.5) is 10.5 Å². The fourth-order valence-corrected chi connectivity index (χ4v) is 3.61. The third-order valence-corrected chi connectivity index (χ3v) is 4.88. The molecule has 1 N–H and O–H groups in total. The molecule has 0 aromatic heterocycles. The summed E-state index contributed by atoms with van der Waals surface area (Å²) in [6, 6.07) is 9.87. The lowest BCUT2D eigenvalue weighted by molar-refractivity contribution is -0.117. The largest absolute Gasteiger partial charge is 0.333 e. The fraction of sp³-hybridized carbons (Fsp3) is 0.556. The predicted octanol–water partition coefficient (Wildman–Crippen LogP) is 2.77. The van der Waals surface area contributed by atoms with Gasteiger partial charge in [-0.1, -0.05) is 25.1 Å². The van der Waals surface area contributed by atoms with Gasteiger partial charge in [0, 0.05) is 31.2 Å². The van der Waals surface area contributed by atoms with Crippen LogP contribution in [0.15, 0.2) is 30.3 Å². The first-order chi connectivity index (χ1) is 11.2. The lowest BCUT2D eigenvalue weighted by Gasteiger charge is -2.35. The predicted molar refractivity (Wildman–Crippen MR) is 90.4 cm³/mol. The van der Waals surface area contributed by atoms with Crippen LogP contribution in [-0.4, -0.2) is 42.0 Å². The SMILES string of the molecule is CCC1CCCCN1C(=O)NC1CC(=O)N(c2ccccc2)C1. The van der Waals surface area contributed by atoms with Crippen LogP contribution in [0.25, 0.3) is 0 Å². The number of rotatable bonds is 3. The normalized spacial score (nSPS) is 24.8. The summed E-state index contributed by atoms with van der Waals surface area (Å²) in [6.45, 7) is 3.51. The highest BCUT2D eigenvalue weighted by Gasteiger charge is 2.33. The van der Waals surface area contributed by atoms with Crippen molar-refractivity contribution in [3.8, 4) is 0 Å². The Labute approximate surface area is 137 Å². The van der Waals surface area contributed by atoms with E-state index >= 15 is 0 Å². The molecule has 2 unspecified atom stereocenters. The molecule has 0 saturated carbocycles. The summed E-state index contributed by atoms with van der Waals surface area (Å²) in [5, 5.41) is 3.07. The van der Waals surface area contributed by atoms with Crippen molar-refractivity contribution < 1.29 is 9.59 Å². The van der Waals surface area contributed by atoms with Gasteiger partial charge < -0.3 is 15.1 Å². The molecule has 0 spiro atoms. The maximum Gasteiger partial charge on any atom is 0.317 e. The van der Waals surface area contributed by atoms with Gasteiger partial charge in [0.2, 0.25) is 5.91 Å². The first-order valence-corrected chi connectivity index (χ1v) is 8.61. The van der Waals surface area contributed by atoms with Gasteiger partial charge in [-0.25, -0.2) is 4.79 Å². The number of hydrogen-bond acceptors (Lipinski definition) is 2. The second kappa shape index (κ2) is 7.02. The maximum atomic E-state index is 12.6. The molecule has 1 aromatic carbocycles. The second-order valence-corrected chi connectivity index (χ2v) is 6.44. The number of nitrogens with one attached hydrogen (secondary N) is 1. The summed E-state index contributed by atoms with van der Waals surface area (Å²) < 4.78 is 0. The van der Waals surface area contributed by atoms with Crippen LogP contribution in [0.2, 0.25) is 0 Å². The van der Waals surface area contributed by atoms with Crippen molar-refractivity contribution in [2.45, 2.75) is 51.1 Å². The van der Waals surface area contributed by atoms with E-state index in [1.54, 1.807) is 4.90 Å². The molecule has 0 radical (unpaired) electrons. The molecule has 2 atom stereocenters. The van der Waals surface area contributed by atoms with E-state index in [1.165, 1.54) is 6.42 Å². The van der Waals surface area contributed by atoms with Crippen LogP contribution in [0.3, 0.4) is 0 Å².